The molecule has 1 aromatic heterocycles. The molecule has 0 radical (unpaired) electrons. The SMILES string of the molecule is COc1ccccc1OCC(=O)N1CCc2c(C)noc2C1. The van der Waals surface area contributed by atoms with Gasteiger partial charge in [-0.15, -0.1) is 0 Å². The molecule has 6 nitrogen and oxygen atoms in total. The summed E-state index contributed by atoms with van der Waals surface area (Å²) in [7, 11) is 1.57. The van der Waals surface area contributed by atoms with Crippen LogP contribution in [0.2, 0.25) is 0 Å². The summed E-state index contributed by atoms with van der Waals surface area (Å²) in [4.78, 5) is 14.0. The van der Waals surface area contributed by atoms with Crippen LogP contribution in [0.3, 0.4) is 0 Å². The van der Waals surface area contributed by atoms with Crippen LogP contribution in [0.25, 0.3) is 0 Å². The Morgan fingerprint density at radius 2 is 2.14 bits per heavy atom. The number of nitrogens with zero attached hydrogens (tertiary/aromatic N) is 2. The Kier molecular flexibility index (Phi) is 4.00. The molecule has 0 bridgehead atoms. The third kappa shape index (κ3) is 2.77. The zero-order valence-corrected chi connectivity index (χ0v) is 12.7. The van der Waals surface area contributed by atoms with Gasteiger partial charge in [0.1, 0.15) is 0 Å². The molecular formula is C16H18N2O4. The number of rotatable bonds is 4. The van der Waals surface area contributed by atoms with Gasteiger partial charge in [0.2, 0.25) is 0 Å². The zero-order chi connectivity index (χ0) is 15.5. The second-order valence-corrected chi connectivity index (χ2v) is 5.17. The summed E-state index contributed by atoms with van der Waals surface area (Å²) in [6.45, 7) is 3.00. The van der Waals surface area contributed by atoms with Gasteiger partial charge in [-0.25, -0.2) is 0 Å². The second-order valence-electron chi connectivity index (χ2n) is 5.17. The molecule has 3 rings (SSSR count). The van der Waals surface area contributed by atoms with Crippen LogP contribution in [0.1, 0.15) is 17.0 Å². The van der Waals surface area contributed by atoms with Crippen molar-refractivity contribution < 1.29 is 18.8 Å². The van der Waals surface area contributed by atoms with E-state index in [1.165, 1.54) is 0 Å². The number of aryl methyl sites for hydroxylation is 1. The maximum atomic E-state index is 12.3. The van der Waals surface area contributed by atoms with Crippen LogP contribution in [0.15, 0.2) is 28.8 Å². The van der Waals surface area contributed by atoms with E-state index in [-0.39, 0.29) is 12.5 Å². The summed E-state index contributed by atoms with van der Waals surface area (Å²) >= 11 is 0. The second kappa shape index (κ2) is 6.09. The first kappa shape index (κ1) is 14.4. The van der Waals surface area contributed by atoms with Gasteiger partial charge < -0.3 is 18.9 Å². The molecule has 22 heavy (non-hydrogen) atoms. The van der Waals surface area contributed by atoms with Crippen LogP contribution in [-0.2, 0) is 17.8 Å². The summed E-state index contributed by atoms with van der Waals surface area (Å²) in [6.07, 6.45) is 0.769. The summed E-state index contributed by atoms with van der Waals surface area (Å²) in [6, 6.07) is 7.27. The van der Waals surface area contributed by atoms with E-state index in [0.717, 1.165) is 23.4 Å². The molecule has 1 amide bonds. The highest BCUT2D eigenvalue weighted by Gasteiger charge is 2.25. The minimum atomic E-state index is -0.0781. The van der Waals surface area contributed by atoms with Crippen molar-refractivity contribution in [2.45, 2.75) is 19.9 Å². The number of aromatic nitrogens is 1. The molecule has 0 atom stereocenters. The van der Waals surface area contributed by atoms with Gasteiger partial charge in [0.15, 0.2) is 23.9 Å². The van der Waals surface area contributed by atoms with Crippen LogP contribution in [0.4, 0.5) is 0 Å². The number of amides is 1. The monoisotopic (exact) mass is 302 g/mol. The van der Waals surface area contributed by atoms with Crippen molar-refractivity contribution in [3.05, 3.63) is 41.3 Å². The van der Waals surface area contributed by atoms with Gasteiger partial charge in [-0.3, -0.25) is 4.79 Å². The lowest BCUT2D eigenvalue weighted by atomic mass is 10.1. The van der Waals surface area contributed by atoms with Gasteiger partial charge >= 0.3 is 0 Å². The fourth-order valence-corrected chi connectivity index (χ4v) is 2.56. The van der Waals surface area contributed by atoms with Crippen LogP contribution in [0.5, 0.6) is 11.5 Å². The van der Waals surface area contributed by atoms with Gasteiger partial charge in [0, 0.05) is 12.1 Å². The molecule has 1 aliphatic heterocycles. The summed E-state index contributed by atoms with van der Waals surface area (Å²) < 4.78 is 16.0. The average Bonchev–Trinajstić information content (AvgIpc) is 2.93. The number of carbonyl (C=O) groups excluding carboxylic acids is 1. The van der Waals surface area contributed by atoms with Crippen LogP contribution < -0.4 is 9.47 Å². The molecule has 0 spiro atoms. The number of para-hydroxylation sites is 2. The highest BCUT2D eigenvalue weighted by molar-refractivity contribution is 5.78. The van der Waals surface area contributed by atoms with Crippen molar-refractivity contribution in [2.75, 3.05) is 20.3 Å². The van der Waals surface area contributed by atoms with E-state index in [2.05, 4.69) is 5.16 Å². The molecule has 116 valence electrons. The number of fused-ring (bicyclic) bond motifs is 1. The Bertz CT molecular complexity index is 681. The van der Waals surface area contributed by atoms with Gasteiger partial charge in [-0.2, -0.15) is 0 Å². The summed E-state index contributed by atoms with van der Waals surface area (Å²) in [5.41, 5.74) is 2.03. The Balaban J connectivity index is 1.61. The maximum Gasteiger partial charge on any atom is 0.260 e. The van der Waals surface area contributed by atoms with E-state index in [4.69, 9.17) is 14.0 Å². The first-order valence-electron chi connectivity index (χ1n) is 7.16. The molecule has 2 aromatic rings. The van der Waals surface area contributed by atoms with E-state index in [9.17, 15) is 4.79 Å². The summed E-state index contributed by atoms with van der Waals surface area (Å²) in [5.74, 6) is 1.87. The van der Waals surface area contributed by atoms with Crippen LogP contribution in [-0.4, -0.2) is 36.2 Å². The zero-order valence-electron chi connectivity index (χ0n) is 12.7. The topological polar surface area (TPSA) is 64.8 Å². The van der Waals surface area contributed by atoms with Crippen molar-refractivity contribution >= 4 is 5.91 Å². The molecule has 0 fully saturated rings. The number of benzene rings is 1. The van der Waals surface area contributed by atoms with Crippen LogP contribution in [0, 0.1) is 6.92 Å². The minimum Gasteiger partial charge on any atom is -0.493 e. The molecule has 0 unspecified atom stereocenters. The van der Waals surface area contributed by atoms with Gasteiger partial charge in [-0.1, -0.05) is 17.3 Å². The number of carbonyl (C=O) groups is 1. The van der Waals surface area contributed by atoms with Gasteiger partial charge in [0.05, 0.1) is 19.3 Å². The highest BCUT2D eigenvalue weighted by Crippen LogP contribution is 2.26. The predicted octanol–water partition coefficient (Wildman–Crippen LogP) is 1.96. The van der Waals surface area contributed by atoms with E-state index < -0.39 is 0 Å². The van der Waals surface area contributed by atoms with Gasteiger partial charge in [-0.05, 0) is 25.5 Å². The smallest absolute Gasteiger partial charge is 0.260 e. The van der Waals surface area contributed by atoms with Gasteiger partial charge in [0.25, 0.3) is 5.91 Å². The van der Waals surface area contributed by atoms with E-state index in [1.54, 1.807) is 24.1 Å². The molecule has 1 aliphatic rings. The first-order chi connectivity index (χ1) is 10.7. The molecule has 2 heterocycles. The standard InChI is InChI=1S/C16H18N2O4/c1-11-12-7-8-18(9-15(12)22-17-11)16(19)10-21-14-6-4-3-5-13(14)20-2/h3-6H,7-10H2,1-2H3. The largest absolute Gasteiger partial charge is 0.493 e. The van der Waals surface area contributed by atoms with Crippen molar-refractivity contribution in [1.82, 2.24) is 10.1 Å². The Morgan fingerprint density at radius 3 is 2.91 bits per heavy atom. The first-order valence-corrected chi connectivity index (χ1v) is 7.16. The lowest BCUT2D eigenvalue weighted by molar-refractivity contribution is -0.134. The van der Waals surface area contributed by atoms with Crippen molar-refractivity contribution in [1.29, 1.82) is 0 Å². The van der Waals surface area contributed by atoms with Crippen LogP contribution >= 0.6 is 0 Å². The lowest BCUT2D eigenvalue weighted by Gasteiger charge is -2.25. The molecule has 1 aromatic carbocycles. The van der Waals surface area contributed by atoms with E-state index in [1.807, 2.05) is 19.1 Å². The Morgan fingerprint density at radius 1 is 1.36 bits per heavy atom. The van der Waals surface area contributed by atoms with Crippen molar-refractivity contribution in [2.24, 2.45) is 0 Å². The molecule has 0 N–H and O–H groups in total. The van der Waals surface area contributed by atoms with Crippen molar-refractivity contribution in [3.8, 4) is 11.5 Å². The van der Waals surface area contributed by atoms with Crippen molar-refractivity contribution in [3.63, 3.8) is 0 Å². The summed E-state index contributed by atoms with van der Waals surface area (Å²) in [5, 5.41) is 3.95. The Labute approximate surface area is 128 Å². The number of hydrogen-bond donors (Lipinski definition) is 0. The highest BCUT2D eigenvalue weighted by atomic mass is 16.5. The quantitative estimate of drug-likeness (QED) is 0.864. The molecule has 0 aliphatic carbocycles. The molecular weight excluding hydrogens is 284 g/mol. The number of ether oxygens (including phenoxy) is 2. The number of methoxy groups -OCH3 is 1. The predicted molar refractivity (Wildman–Crippen MR) is 78.9 cm³/mol. The third-order valence-corrected chi connectivity index (χ3v) is 3.81. The molecule has 0 saturated heterocycles. The minimum absolute atomic E-state index is 0.0250. The number of hydrogen-bond acceptors (Lipinski definition) is 5. The average molecular weight is 302 g/mol. The molecule has 0 saturated carbocycles. The van der Waals surface area contributed by atoms with E-state index in [0.29, 0.717) is 24.6 Å². The molecule has 6 heteroatoms. The normalized spacial score (nSPS) is 13.6. The fourth-order valence-electron chi connectivity index (χ4n) is 2.56. The fraction of sp³-hybridized carbons (Fsp3) is 0.375. The Hall–Kier alpha value is -2.50. The van der Waals surface area contributed by atoms with E-state index >= 15 is 0 Å². The lowest BCUT2D eigenvalue weighted by Crippen LogP contribution is -2.38. The maximum absolute atomic E-state index is 12.3. The third-order valence-electron chi connectivity index (χ3n) is 3.81.